The number of benzene rings is 1. The number of methoxy groups -OCH3 is 1. The molecule has 3 rings (SSSR count). The van der Waals surface area contributed by atoms with Gasteiger partial charge in [-0.2, -0.15) is 0 Å². The molecular weight excluding hydrogens is 276 g/mol. The van der Waals surface area contributed by atoms with Crippen molar-refractivity contribution in [2.24, 2.45) is 4.99 Å². The van der Waals surface area contributed by atoms with E-state index in [1.54, 1.807) is 18.4 Å². The van der Waals surface area contributed by atoms with Gasteiger partial charge < -0.3 is 4.74 Å². The molecule has 0 radical (unpaired) electrons. The van der Waals surface area contributed by atoms with Crippen molar-refractivity contribution in [3.63, 3.8) is 0 Å². The monoisotopic (exact) mass is 290 g/mol. The van der Waals surface area contributed by atoms with Crippen molar-refractivity contribution in [1.82, 2.24) is 4.98 Å². The van der Waals surface area contributed by atoms with Crippen molar-refractivity contribution < 1.29 is 4.74 Å². The Balaban J connectivity index is 1.99. The topological polar surface area (TPSA) is 34.5 Å². The first-order valence-corrected chi connectivity index (χ1v) is 7.87. The molecule has 98 valence electrons. The summed E-state index contributed by atoms with van der Waals surface area (Å²) in [5, 5.41) is 2.17. The highest BCUT2D eigenvalue weighted by molar-refractivity contribution is 8.15. The number of thioether (sulfide) groups is 1. The van der Waals surface area contributed by atoms with Crippen molar-refractivity contribution in [1.29, 1.82) is 0 Å². The van der Waals surface area contributed by atoms with Gasteiger partial charge in [0.1, 0.15) is 15.8 Å². The summed E-state index contributed by atoms with van der Waals surface area (Å²) in [6.07, 6.45) is 0. The Bertz CT molecular complexity index is 634. The molecular formula is C14H14N2OS2. The lowest BCUT2D eigenvalue weighted by Crippen LogP contribution is -1.90. The number of ether oxygens (including phenoxy) is 1. The number of hydrogen-bond donors (Lipinski definition) is 0. The largest absolute Gasteiger partial charge is 0.497 e. The quantitative estimate of drug-likeness (QED) is 0.866. The van der Waals surface area contributed by atoms with Crippen LogP contribution < -0.4 is 4.74 Å². The van der Waals surface area contributed by atoms with Crippen molar-refractivity contribution in [2.75, 3.05) is 19.4 Å². The van der Waals surface area contributed by atoms with Crippen molar-refractivity contribution in [2.45, 2.75) is 6.92 Å². The number of thiazole rings is 1. The van der Waals surface area contributed by atoms with Gasteiger partial charge in [-0.15, -0.1) is 23.1 Å². The second-order valence-electron chi connectivity index (χ2n) is 4.20. The van der Waals surface area contributed by atoms with Crippen LogP contribution in [0.1, 0.15) is 10.6 Å². The van der Waals surface area contributed by atoms with Crippen molar-refractivity contribution in [3.8, 4) is 16.3 Å². The molecule has 5 heteroatoms. The molecule has 1 aliphatic rings. The Hall–Kier alpha value is -1.33. The number of aliphatic imine (C=N–C) groups is 1. The third-order valence-corrected chi connectivity index (χ3v) is 5.23. The van der Waals surface area contributed by atoms with Crippen LogP contribution in [0.2, 0.25) is 0 Å². The van der Waals surface area contributed by atoms with E-state index in [9.17, 15) is 0 Å². The lowest BCUT2D eigenvalue weighted by molar-refractivity contribution is 0.415. The van der Waals surface area contributed by atoms with Gasteiger partial charge >= 0.3 is 0 Å². The Morgan fingerprint density at radius 3 is 2.95 bits per heavy atom. The average molecular weight is 290 g/mol. The third kappa shape index (κ3) is 2.53. The number of aromatic nitrogens is 1. The van der Waals surface area contributed by atoms with E-state index in [1.165, 1.54) is 4.88 Å². The van der Waals surface area contributed by atoms with Gasteiger partial charge in [0.15, 0.2) is 0 Å². The number of nitrogens with zero attached hydrogens (tertiary/aromatic N) is 2. The van der Waals surface area contributed by atoms with Crippen LogP contribution in [0.4, 0.5) is 0 Å². The number of rotatable bonds is 3. The molecule has 2 aromatic rings. The SMILES string of the molecule is COc1cccc(-c2nc(C)c(C3=NCCS3)s2)c1. The summed E-state index contributed by atoms with van der Waals surface area (Å²) < 4.78 is 5.26. The molecule has 2 heterocycles. The number of hydrogen-bond acceptors (Lipinski definition) is 5. The maximum atomic E-state index is 5.26. The van der Waals surface area contributed by atoms with Gasteiger partial charge in [0.05, 0.1) is 17.7 Å². The zero-order chi connectivity index (χ0) is 13.2. The van der Waals surface area contributed by atoms with E-state index < -0.39 is 0 Å². The molecule has 0 fully saturated rings. The van der Waals surface area contributed by atoms with Crippen LogP contribution in [0, 0.1) is 6.92 Å². The predicted molar refractivity (Wildman–Crippen MR) is 82.7 cm³/mol. The average Bonchev–Trinajstić information content (AvgIpc) is 3.07. The summed E-state index contributed by atoms with van der Waals surface area (Å²) >= 11 is 3.53. The highest BCUT2D eigenvalue weighted by atomic mass is 32.2. The van der Waals surface area contributed by atoms with E-state index in [0.717, 1.165) is 39.4 Å². The second kappa shape index (κ2) is 5.35. The van der Waals surface area contributed by atoms with Crippen LogP contribution in [0.5, 0.6) is 5.75 Å². The van der Waals surface area contributed by atoms with Crippen molar-refractivity contribution >= 4 is 28.1 Å². The zero-order valence-corrected chi connectivity index (χ0v) is 12.5. The van der Waals surface area contributed by atoms with Gasteiger partial charge in [0.2, 0.25) is 0 Å². The molecule has 0 saturated carbocycles. The summed E-state index contributed by atoms with van der Waals surface area (Å²) in [6, 6.07) is 8.02. The lowest BCUT2D eigenvalue weighted by atomic mass is 10.2. The van der Waals surface area contributed by atoms with E-state index in [-0.39, 0.29) is 0 Å². The Morgan fingerprint density at radius 1 is 1.32 bits per heavy atom. The van der Waals surface area contributed by atoms with E-state index in [2.05, 4.69) is 23.0 Å². The summed E-state index contributed by atoms with van der Waals surface area (Å²) in [7, 11) is 1.68. The fourth-order valence-corrected chi connectivity index (χ4v) is 4.05. The Morgan fingerprint density at radius 2 is 2.21 bits per heavy atom. The third-order valence-electron chi connectivity index (χ3n) is 2.89. The van der Waals surface area contributed by atoms with Crippen LogP contribution in [0.15, 0.2) is 29.3 Å². The maximum absolute atomic E-state index is 5.26. The van der Waals surface area contributed by atoms with Gasteiger partial charge in [0, 0.05) is 17.9 Å². The molecule has 0 N–H and O–H groups in total. The molecule has 0 unspecified atom stereocenters. The molecule has 0 saturated heterocycles. The normalized spacial score (nSPS) is 14.5. The molecule has 1 aromatic carbocycles. The molecule has 1 aromatic heterocycles. The minimum Gasteiger partial charge on any atom is -0.497 e. The predicted octanol–water partition coefficient (Wildman–Crippen LogP) is 3.62. The van der Waals surface area contributed by atoms with E-state index in [1.807, 2.05) is 30.0 Å². The standard InChI is InChI=1S/C14H14N2OS2/c1-9-12(14-15-6-7-18-14)19-13(16-9)10-4-3-5-11(8-10)17-2/h3-5,8H,6-7H2,1-2H3. The first-order valence-electron chi connectivity index (χ1n) is 6.07. The van der Waals surface area contributed by atoms with Gasteiger partial charge in [-0.05, 0) is 19.1 Å². The van der Waals surface area contributed by atoms with Gasteiger partial charge in [0.25, 0.3) is 0 Å². The van der Waals surface area contributed by atoms with Crippen LogP contribution in [-0.4, -0.2) is 29.4 Å². The molecule has 0 amide bonds. The fourth-order valence-electron chi connectivity index (χ4n) is 1.95. The summed E-state index contributed by atoms with van der Waals surface area (Å²) in [4.78, 5) is 10.4. The zero-order valence-electron chi connectivity index (χ0n) is 10.8. The van der Waals surface area contributed by atoms with E-state index >= 15 is 0 Å². The second-order valence-corrected chi connectivity index (χ2v) is 6.28. The Labute approximate surface area is 120 Å². The van der Waals surface area contributed by atoms with Gasteiger partial charge in [-0.25, -0.2) is 4.98 Å². The van der Waals surface area contributed by atoms with Gasteiger partial charge in [-0.3, -0.25) is 4.99 Å². The summed E-state index contributed by atoms with van der Waals surface area (Å²) in [5.41, 5.74) is 2.17. The van der Waals surface area contributed by atoms with Crippen LogP contribution >= 0.6 is 23.1 Å². The molecule has 0 atom stereocenters. The molecule has 1 aliphatic heterocycles. The fraction of sp³-hybridized carbons (Fsp3) is 0.286. The Kier molecular flexibility index (Phi) is 3.57. The van der Waals surface area contributed by atoms with E-state index in [0.29, 0.717) is 0 Å². The minimum atomic E-state index is 0.861. The summed E-state index contributed by atoms with van der Waals surface area (Å²) in [6.45, 7) is 2.97. The molecule has 0 bridgehead atoms. The van der Waals surface area contributed by atoms with Crippen LogP contribution in [0.3, 0.4) is 0 Å². The highest BCUT2D eigenvalue weighted by Gasteiger charge is 2.17. The smallest absolute Gasteiger partial charge is 0.124 e. The minimum absolute atomic E-state index is 0.861. The highest BCUT2D eigenvalue weighted by Crippen LogP contribution is 2.33. The molecule has 0 aliphatic carbocycles. The summed E-state index contributed by atoms with van der Waals surface area (Å²) in [5.74, 6) is 1.95. The lowest BCUT2D eigenvalue weighted by Gasteiger charge is -2.01. The maximum Gasteiger partial charge on any atom is 0.124 e. The molecule has 0 spiro atoms. The van der Waals surface area contributed by atoms with Crippen LogP contribution in [-0.2, 0) is 0 Å². The van der Waals surface area contributed by atoms with Gasteiger partial charge in [-0.1, -0.05) is 12.1 Å². The first-order chi connectivity index (χ1) is 9.28. The van der Waals surface area contributed by atoms with Crippen LogP contribution in [0.25, 0.3) is 10.6 Å². The molecule has 3 nitrogen and oxygen atoms in total. The molecule has 19 heavy (non-hydrogen) atoms. The van der Waals surface area contributed by atoms with Crippen molar-refractivity contribution in [3.05, 3.63) is 34.8 Å². The number of aryl methyl sites for hydroxylation is 1. The first kappa shape index (κ1) is 12.7. The van der Waals surface area contributed by atoms with E-state index in [4.69, 9.17) is 4.74 Å².